The molecule has 2 N–H and O–H groups in total. The zero-order valence-electron chi connectivity index (χ0n) is 16.3. The van der Waals surface area contributed by atoms with E-state index in [0.29, 0.717) is 18.4 Å². The third-order valence-electron chi connectivity index (χ3n) is 5.64. The molecule has 1 aromatic carbocycles. The lowest BCUT2D eigenvalue weighted by molar-refractivity contribution is -0.140. The Hall–Kier alpha value is -2.70. The van der Waals surface area contributed by atoms with Gasteiger partial charge in [0.1, 0.15) is 17.1 Å². The smallest absolute Gasteiger partial charge is 0.237 e. The van der Waals surface area contributed by atoms with Gasteiger partial charge in [-0.05, 0) is 52.2 Å². The van der Waals surface area contributed by atoms with Crippen molar-refractivity contribution in [1.82, 2.24) is 10.1 Å². The Morgan fingerprint density at radius 2 is 1.93 bits per heavy atom. The number of aromatic nitrogens is 1. The first-order valence-electron chi connectivity index (χ1n) is 8.91. The van der Waals surface area contributed by atoms with Crippen molar-refractivity contribution in [3.8, 4) is 0 Å². The Bertz CT molecular complexity index is 918. The van der Waals surface area contributed by atoms with E-state index < -0.39 is 16.8 Å². The number of nitrogens with zero attached hydrogens (tertiary/aromatic N) is 3. The Morgan fingerprint density at radius 1 is 1.22 bits per heavy atom. The van der Waals surface area contributed by atoms with Gasteiger partial charge in [-0.3, -0.25) is 9.69 Å². The van der Waals surface area contributed by atoms with Crippen LogP contribution in [0.15, 0.2) is 33.8 Å². The third kappa shape index (κ3) is 3.11. The second-order valence-electron chi connectivity index (χ2n) is 7.77. The number of nitrogens with two attached hydrogens (primary N) is 1. The van der Waals surface area contributed by atoms with Crippen LogP contribution in [-0.2, 0) is 23.2 Å². The molecular weight excluding hydrogens is 347 g/mol. The molecule has 144 valence electrons. The van der Waals surface area contributed by atoms with Gasteiger partial charge in [0.2, 0.25) is 5.91 Å². The molecule has 0 spiro atoms. The molecule has 0 aliphatic carbocycles. The second kappa shape index (κ2) is 6.48. The van der Waals surface area contributed by atoms with Crippen molar-refractivity contribution in [3.05, 3.63) is 52.7 Å². The minimum absolute atomic E-state index is 0.0877. The third-order valence-corrected chi connectivity index (χ3v) is 5.64. The van der Waals surface area contributed by atoms with Crippen LogP contribution in [0.3, 0.4) is 0 Å². The molecule has 1 aliphatic rings. The molecule has 1 atom stereocenters. The molecule has 0 saturated heterocycles. The van der Waals surface area contributed by atoms with E-state index in [1.165, 1.54) is 11.0 Å². The van der Waals surface area contributed by atoms with Crippen molar-refractivity contribution < 1.29 is 13.7 Å². The van der Waals surface area contributed by atoms with Gasteiger partial charge < -0.3 is 10.3 Å². The van der Waals surface area contributed by atoms with Crippen LogP contribution in [0.5, 0.6) is 0 Å². The van der Waals surface area contributed by atoms with Gasteiger partial charge in [-0.25, -0.2) is 9.38 Å². The van der Waals surface area contributed by atoms with E-state index in [-0.39, 0.29) is 11.9 Å². The Balaban J connectivity index is 1.99. The van der Waals surface area contributed by atoms with Gasteiger partial charge in [0.15, 0.2) is 5.96 Å². The van der Waals surface area contributed by atoms with Crippen LogP contribution in [0, 0.1) is 18.2 Å². The van der Waals surface area contributed by atoms with Crippen LogP contribution in [0.25, 0.3) is 0 Å². The molecule has 0 bridgehead atoms. The number of guanidine groups is 1. The Morgan fingerprint density at radius 3 is 2.56 bits per heavy atom. The van der Waals surface area contributed by atoms with Crippen molar-refractivity contribution in [3.63, 3.8) is 0 Å². The Kier molecular flexibility index (Phi) is 4.57. The highest BCUT2D eigenvalue weighted by Crippen LogP contribution is 2.47. The van der Waals surface area contributed by atoms with E-state index in [0.717, 1.165) is 17.0 Å². The van der Waals surface area contributed by atoms with Gasteiger partial charge in [0.05, 0.1) is 11.1 Å². The standard InChI is InChI=1S/C20H25FN4O2/c1-12-10-14(24-27-12)8-6-13-7-9-16(21)15(11-13)20(4)19(2,3)17(26)25(5)18(22)23-20/h7,9-11H,6,8H2,1-5H3,(H2,22,23)/t20-/m1/s1. The van der Waals surface area contributed by atoms with Gasteiger partial charge in [-0.2, -0.15) is 0 Å². The molecule has 2 heterocycles. The minimum Gasteiger partial charge on any atom is -0.369 e. The molecule has 0 unspecified atom stereocenters. The normalized spacial score (nSPS) is 22.1. The first-order chi connectivity index (χ1) is 12.6. The number of carbonyl (C=O) groups is 1. The van der Waals surface area contributed by atoms with Crippen LogP contribution in [-0.4, -0.2) is 29.0 Å². The fourth-order valence-corrected chi connectivity index (χ4v) is 3.48. The first-order valence-corrected chi connectivity index (χ1v) is 8.91. The fourth-order valence-electron chi connectivity index (χ4n) is 3.48. The van der Waals surface area contributed by atoms with E-state index in [4.69, 9.17) is 10.3 Å². The zero-order valence-corrected chi connectivity index (χ0v) is 16.3. The molecule has 1 amide bonds. The summed E-state index contributed by atoms with van der Waals surface area (Å²) < 4.78 is 19.9. The number of rotatable bonds is 4. The fraction of sp³-hybridized carbons (Fsp3) is 0.450. The molecule has 2 aromatic rings. The number of hydrogen-bond acceptors (Lipinski definition) is 5. The van der Waals surface area contributed by atoms with Crippen LogP contribution < -0.4 is 5.73 Å². The highest BCUT2D eigenvalue weighted by Gasteiger charge is 2.53. The summed E-state index contributed by atoms with van der Waals surface area (Å²) in [4.78, 5) is 18.6. The summed E-state index contributed by atoms with van der Waals surface area (Å²) in [6, 6.07) is 6.83. The summed E-state index contributed by atoms with van der Waals surface area (Å²) in [6.07, 6.45) is 1.35. The SMILES string of the molecule is Cc1cc(CCc2ccc(F)c([C@@]3(C)N=C(N)N(C)C(=O)C3(C)C)c2)no1. The molecule has 27 heavy (non-hydrogen) atoms. The number of amides is 1. The lowest BCUT2D eigenvalue weighted by Crippen LogP contribution is -2.58. The summed E-state index contributed by atoms with van der Waals surface area (Å²) in [5.74, 6) is 0.249. The maximum absolute atomic E-state index is 14.8. The molecule has 3 rings (SSSR count). The summed E-state index contributed by atoms with van der Waals surface area (Å²) in [7, 11) is 1.58. The number of aliphatic imine (C=N–C) groups is 1. The summed E-state index contributed by atoms with van der Waals surface area (Å²) in [5, 5.41) is 3.99. The number of carbonyl (C=O) groups excluding carboxylic acids is 1. The molecule has 1 aromatic heterocycles. The summed E-state index contributed by atoms with van der Waals surface area (Å²) >= 11 is 0. The highest BCUT2D eigenvalue weighted by molar-refractivity contribution is 6.01. The van der Waals surface area contributed by atoms with Crippen molar-refractivity contribution in [2.24, 2.45) is 16.1 Å². The molecule has 7 heteroatoms. The monoisotopic (exact) mass is 372 g/mol. The van der Waals surface area contributed by atoms with Crippen molar-refractivity contribution in [2.75, 3.05) is 7.05 Å². The van der Waals surface area contributed by atoms with Crippen LogP contribution >= 0.6 is 0 Å². The zero-order chi connectivity index (χ0) is 20.0. The van der Waals surface area contributed by atoms with Crippen molar-refractivity contribution >= 4 is 11.9 Å². The molecule has 6 nitrogen and oxygen atoms in total. The number of hydrogen-bond donors (Lipinski definition) is 1. The topological polar surface area (TPSA) is 84.7 Å². The van der Waals surface area contributed by atoms with Gasteiger partial charge in [-0.1, -0.05) is 17.3 Å². The van der Waals surface area contributed by atoms with E-state index in [1.54, 1.807) is 40.0 Å². The van der Waals surface area contributed by atoms with E-state index in [9.17, 15) is 9.18 Å². The average molecular weight is 372 g/mol. The van der Waals surface area contributed by atoms with Crippen LogP contribution in [0.1, 0.15) is 43.4 Å². The van der Waals surface area contributed by atoms with Crippen LogP contribution in [0.2, 0.25) is 0 Å². The van der Waals surface area contributed by atoms with E-state index >= 15 is 0 Å². The van der Waals surface area contributed by atoms with Crippen LogP contribution in [0.4, 0.5) is 4.39 Å². The first kappa shape index (κ1) is 19.1. The maximum Gasteiger partial charge on any atom is 0.237 e. The molecule has 1 aliphatic heterocycles. The minimum atomic E-state index is -1.11. The largest absolute Gasteiger partial charge is 0.369 e. The van der Waals surface area contributed by atoms with Gasteiger partial charge >= 0.3 is 0 Å². The predicted octanol–water partition coefficient (Wildman–Crippen LogP) is 2.94. The molecule has 0 saturated carbocycles. The summed E-state index contributed by atoms with van der Waals surface area (Å²) in [6.45, 7) is 7.14. The summed E-state index contributed by atoms with van der Waals surface area (Å²) in [5.41, 5.74) is 6.03. The molecule has 0 fully saturated rings. The number of benzene rings is 1. The van der Waals surface area contributed by atoms with Gasteiger partial charge in [0, 0.05) is 18.7 Å². The van der Waals surface area contributed by atoms with E-state index in [1.807, 2.05) is 13.0 Å². The van der Waals surface area contributed by atoms with E-state index in [2.05, 4.69) is 10.1 Å². The molecule has 0 radical (unpaired) electrons. The van der Waals surface area contributed by atoms with Crippen molar-refractivity contribution in [2.45, 2.75) is 46.1 Å². The van der Waals surface area contributed by atoms with Crippen molar-refractivity contribution in [1.29, 1.82) is 0 Å². The highest BCUT2D eigenvalue weighted by atomic mass is 19.1. The van der Waals surface area contributed by atoms with Gasteiger partial charge in [0.25, 0.3) is 0 Å². The lowest BCUT2D eigenvalue weighted by atomic mass is 9.67. The quantitative estimate of drug-likeness (QED) is 0.894. The number of aryl methyl sites for hydroxylation is 3. The Labute approximate surface area is 158 Å². The maximum atomic E-state index is 14.8. The molecular formula is C20H25FN4O2. The second-order valence-corrected chi connectivity index (χ2v) is 7.77. The lowest BCUT2D eigenvalue weighted by Gasteiger charge is -2.46. The van der Waals surface area contributed by atoms with Gasteiger partial charge in [-0.15, -0.1) is 0 Å². The number of halogens is 1. The average Bonchev–Trinajstić information content (AvgIpc) is 3.03. The predicted molar refractivity (Wildman–Crippen MR) is 101 cm³/mol.